The highest BCUT2D eigenvalue weighted by atomic mass is 32.1. The third-order valence-electron chi connectivity index (χ3n) is 6.08. The molecule has 0 radical (unpaired) electrons. The number of ether oxygens (including phenoxy) is 2. The van der Waals surface area contributed by atoms with E-state index in [1.807, 2.05) is 35.2 Å². The van der Waals surface area contributed by atoms with Gasteiger partial charge >= 0.3 is 6.03 Å². The number of hydrogen-bond donors (Lipinski definition) is 1. The number of methoxy groups -OCH3 is 2. The van der Waals surface area contributed by atoms with E-state index in [4.69, 9.17) is 14.5 Å². The summed E-state index contributed by atoms with van der Waals surface area (Å²) >= 11 is 1.75. The van der Waals surface area contributed by atoms with Gasteiger partial charge in [-0.2, -0.15) is 0 Å². The van der Waals surface area contributed by atoms with E-state index in [9.17, 15) is 4.79 Å². The first-order valence-corrected chi connectivity index (χ1v) is 11.9. The molecule has 4 rings (SSSR count). The molecule has 1 aromatic heterocycles. The lowest BCUT2D eigenvalue weighted by atomic mass is 9.95. The van der Waals surface area contributed by atoms with Gasteiger partial charge in [0.1, 0.15) is 0 Å². The molecule has 1 aliphatic heterocycles. The van der Waals surface area contributed by atoms with Crippen LogP contribution >= 0.6 is 11.3 Å². The molecule has 2 unspecified atom stereocenters. The number of likely N-dealkylation sites (tertiary alicyclic amines) is 1. The molecule has 1 fully saturated rings. The van der Waals surface area contributed by atoms with Crippen LogP contribution in [0.5, 0.6) is 11.5 Å². The number of benzene rings is 2. The molecule has 0 saturated carbocycles. The van der Waals surface area contributed by atoms with Crippen LogP contribution in [0.4, 0.5) is 4.79 Å². The van der Waals surface area contributed by atoms with Crippen LogP contribution in [0.15, 0.2) is 42.5 Å². The predicted octanol–water partition coefficient (Wildman–Crippen LogP) is 5.60. The van der Waals surface area contributed by atoms with Crippen molar-refractivity contribution >= 4 is 27.6 Å². The number of carbonyl (C=O) groups excluding carboxylic acids is 1. The number of amides is 2. The van der Waals surface area contributed by atoms with Crippen molar-refractivity contribution < 1.29 is 14.3 Å². The summed E-state index contributed by atoms with van der Waals surface area (Å²) < 4.78 is 12.0. The third-order valence-corrected chi connectivity index (χ3v) is 7.28. The maximum absolute atomic E-state index is 13.3. The number of nitrogens with zero attached hydrogens (tertiary/aromatic N) is 2. The Morgan fingerprint density at radius 3 is 2.66 bits per heavy atom. The maximum atomic E-state index is 13.3. The van der Waals surface area contributed by atoms with Gasteiger partial charge in [-0.05, 0) is 48.6 Å². The molecular formula is C25H31N3O3S. The zero-order valence-electron chi connectivity index (χ0n) is 19.1. The number of piperidine rings is 1. The largest absolute Gasteiger partial charge is 0.493 e. The second-order valence-electron chi connectivity index (χ2n) is 8.59. The van der Waals surface area contributed by atoms with E-state index in [1.54, 1.807) is 25.6 Å². The Hall–Kier alpha value is -2.80. The van der Waals surface area contributed by atoms with Crippen molar-refractivity contribution in [1.82, 2.24) is 15.2 Å². The molecule has 32 heavy (non-hydrogen) atoms. The number of hydrogen-bond acceptors (Lipinski definition) is 5. The monoisotopic (exact) mass is 453 g/mol. The van der Waals surface area contributed by atoms with Crippen molar-refractivity contribution in [2.24, 2.45) is 5.92 Å². The number of aromatic nitrogens is 1. The molecule has 2 atom stereocenters. The second kappa shape index (κ2) is 9.77. The number of thiazole rings is 1. The average Bonchev–Trinajstić information content (AvgIpc) is 3.26. The van der Waals surface area contributed by atoms with E-state index in [-0.39, 0.29) is 23.9 Å². The quantitative estimate of drug-likeness (QED) is 0.528. The van der Waals surface area contributed by atoms with Crippen LogP contribution in [-0.2, 0) is 0 Å². The lowest BCUT2D eigenvalue weighted by Gasteiger charge is -2.34. The second-order valence-corrected chi connectivity index (χ2v) is 9.65. The molecule has 1 N–H and O–H groups in total. The first-order valence-electron chi connectivity index (χ1n) is 11.1. The van der Waals surface area contributed by atoms with Gasteiger partial charge in [0.05, 0.1) is 35.5 Å². The van der Waals surface area contributed by atoms with Gasteiger partial charge in [-0.15, -0.1) is 11.3 Å². The van der Waals surface area contributed by atoms with Gasteiger partial charge in [0, 0.05) is 19.0 Å². The Morgan fingerprint density at radius 1 is 1.16 bits per heavy atom. The van der Waals surface area contributed by atoms with Crippen LogP contribution in [0.2, 0.25) is 0 Å². The Kier molecular flexibility index (Phi) is 6.84. The van der Waals surface area contributed by atoms with Crippen LogP contribution in [-0.4, -0.2) is 43.2 Å². The summed E-state index contributed by atoms with van der Waals surface area (Å²) in [6, 6.07) is 13.9. The standard InChI is InChI=1S/C25H31N3O3S/c1-16(2)23(17-11-12-20(30-3)21(14-17)31-4)27-25(29)28-13-7-8-18(15-28)24-26-19-9-5-6-10-22(19)32-24/h5-6,9-12,14,16,18,23H,7-8,13,15H2,1-4H3,(H,27,29). The van der Waals surface area contributed by atoms with Crippen molar-refractivity contribution in [3.05, 3.63) is 53.0 Å². The predicted molar refractivity (Wildman–Crippen MR) is 129 cm³/mol. The van der Waals surface area contributed by atoms with Gasteiger partial charge in [-0.25, -0.2) is 9.78 Å². The van der Waals surface area contributed by atoms with Crippen molar-refractivity contribution in [3.63, 3.8) is 0 Å². The molecule has 1 saturated heterocycles. The first-order chi connectivity index (χ1) is 15.5. The molecule has 3 aromatic rings. The number of fused-ring (bicyclic) bond motifs is 1. The minimum Gasteiger partial charge on any atom is -0.493 e. The minimum atomic E-state index is -0.120. The van der Waals surface area contributed by atoms with E-state index in [0.717, 1.165) is 35.5 Å². The van der Waals surface area contributed by atoms with Crippen molar-refractivity contribution in [3.8, 4) is 11.5 Å². The molecule has 7 heteroatoms. The molecule has 1 aliphatic rings. The molecule has 0 bridgehead atoms. The fourth-order valence-corrected chi connectivity index (χ4v) is 5.43. The normalized spacial score (nSPS) is 17.4. The number of rotatable bonds is 6. The van der Waals surface area contributed by atoms with E-state index < -0.39 is 0 Å². The molecule has 2 heterocycles. The van der Waals surface area contributed by atoms with Crippen LogP contribution in [0, 0.1) is 5.92 Å². The Balaban J connectivity index is 1.48. The molecule has 0 spiro atoms. The highest BCUT2D eigenvalue weighted by Gasteiger charge is 2.29. The highest BCUT2D eigenvalue weighted by molar-refractivity contribution is 7.18. The molecule has 170 valence electrons. The third kappa shape index (κ3) is 4.67. The summed E-state index contributed by atoms with van der Waals surface area (Å²) in [6.45, 7) is 5.69. The van der Waals surface area contributed by atoms with Crippen LogP contribution < -0.4 is 14.8 Å². The lowest BCUT2D eigenvalue weighted by Crippen LogP contribution is -2.46. The minimum absolute atomic E-state index is 0.0238. The van der Waals surface area contributed by atoms with Crippen LogP contribution in [0.3, 0.4) is 0 Å². The summed E-state index contributed by atoms with van der Waals surface area (Å²) in [7, 11) is 3.25. The molecule has 2 aromatic carbocycles. The fraction of sp³-hybridized carbons (Fsp3) is 0.440. The van der Waals surface area contributed by atoms with Crippen molar-refractivity contribution in [2.75, 3.05) is 27.3 Å². The van der Waals surface area contributed by atoms with Gasteiger partial charge in [-0.1, -0.05) is 32.0 Å². The molecule has 6 nitrogen and oxygen atoms in total. The Morgan fingerprint density at radius 2 is 1.94 bits per heavy atom. The summed E-state index contributed by atoms with van der Waals surface area (Å²) in [5, 5.41) is 4.39. The summed E-state index contributed by atoms with van der Waals surface area (Å²) in [5.41, 5.74) is 2.05. The van der Waals surface area contributed by atoms with Crippen LogP contribution in [0.25, 0.3) is 10.2 Å². The number of carbonyl (C=O) groups is 1. The fourth-order valence-electron chi connectivity index (χ4n) is 4.33. The zero-order chi connectivity index (χ0) is 22.7. The number of nitrogens with one attached hydrogen (secondary N) is 1. The molecular weight excluding hydrogens is 422 g/mol. The molecule has 2 amide bonds. The summed E-state index contributed by atoms with van der Waals surface area (Å²) in [5.74, 6) is 1.85. The Labute approximate surface area is 193 Å². The van der Waals surface area contributed by atoms with E-state index >= 15 is 0 Å². The van der Waals surface area contributed by atoms with E-state index in [2.05, 4.69) is 31.3 Å². The van der Waals surface area contributed by atoms with Gasteiger partial charge in [-0.3, -0.25) is 0 Å². The van der Waals surface area contributed by atoms with Gasteiger partial charge < -0.3 is 19.7 Å². The van der Waals surface area contributed by atoms with Crippen molar-refractivity contribution in [2.45, 2.75) is 38.6 Å². The van der Waals surface area contributed by atoms with E-state index in [1.165, 1.54) is 4.70 Å². The van der Waals surface area contributed by atoms with Gasteiger partial charge in [0.25, 0.3) is 0 Å². The van der Waals surface area contributed by atoms with Gasteiger partial charge in [0.2, 0.25) is 0 Å². The topological polar surface area (TPSA) is 63.7 Å². The maximum Gasteiger partial charge on any atom is 0.317 e. The van der Waals surface area contributed by atoms with Crippen LogP contribution in [0.1, 0.15) is 49.2 Å². The highest BCUT2D eigenvalue weighted by Crippen LogP contribution is 2.34. The number of urea groups is 1. The number of para-hydroxylation sites is 1. The SMILES string of the molecule is COc1ccc(C(NC(=O)N2CCCC(c3nc4ccccc4s3)C2)C(C)C)cc1OC. The average molecular weight is 454 g/mol. The van der Waals surface area contributed by atoms with Gasteiger partial charge in [0.15, 0.2) is 11.5 Å². The Bertz CT molecular complexity index is 1050. The summed E-state index contributed by atoms with van der Waals surface area (Å²) in [6.07, 6.45) is 2.05. The van der Waals surface area contributed by atoms with Crippen molar-refractivity contribution in [1.29, 1.82) is 0 Å². The summed E-state index contributed by atoms with van der Waals surface area (Å²) in [4.78, 5) is 20.0. The smallest absolute Gasteiger partial charge is 0.317 e. The molecule has 0 aliphatic carbocycles. The zero-order valence-corrected chi connectivity index (χ0v) is 19.9. The first kappa shape index (κ1) is 22.4. The lowest BCUT2D eigenvalue weighted by molar-refractivity contribution is 0.172. The van der Waals surface area contributed by atoms with E-state index in [0.29, 0.717) is 18.0 Å².